The minimum absolute atomic E-state index is 0.0813. The number of nitrogens with zero attached hydrogens (tertiary/aromatic N) is 1. The highest BCUT2D eigenvalue weighted by atomic mass is 32.2. The van der Waals surface area contributed by atoms with Crippen LogP contribution in [-0.4, -0.2) is 44.3 Å². The first kappa shape index (κ1) is 18.4. The maximum Gasteiger partial charge on any atom is 0.296 e. The van der Waals surface area contributed by atoms with Gasteiger partial charge in [0, 0.05) is 18.9 Å². The lowest BCUT2D eigenvalue weighted by Crippen LogP contribution is -2.45. The van der Waals surface area contributed by atoms with Gasteiger partial charge in [0.1, 0.15) is 6.04 Å². The second-order valence-corrected chi connectivity index (χ2v) is 7.61. The quantitative estimate of drug-likeness (QED) is 0.729. The molecule has 0 saturated carbocycles. The van der Waals surface area contributed by atoms with Crippen LogP contribution in [0.15, 0.2) is 29.2 Å². The number of primary amides is 1. The monoisotopic (exact) mass is 354 g/mol. The third kappa shape index (κ3) is 4.12. The lowest BCUT2D eigenvalue weighted by Gasteiger charge is -2.24. The molecule has 1 saturated heterocycles. The summed E-state index contributed by atoms with van der Waals surface area (Å²) in [5, 5.41) is 0. The summed E-state index contributed by atoms with van der Waals surface area (Å²) in [5.74, 6) is -1.05. The van der Waals surface area contributed by atoms with E-state index in [9.17, 15) is 18.0 Å². The molecule has 1 fully saturated rings. The van der Waals surface area contributed by atoms with Crippen LogP contribution in [0.5, 0.6) is 0 Å². The minimum atomic E-state index is -3.86. The number of benzene rings is 1. The van der Waals surface area contributed by atoms with Crippen molar-refractivity contribution in [3.8, 4) is 0 Å². The summed E-state index contributed by atoms with van der Waals surface area (Å²) in [7, 11) is -3.86. The highest BCUT2D eigenvalue weighted by Crippen LogP contribution is 2.23. The number of amides is 2. The third-order valence-corrected chi connectivity index (χ3v) is 5.39. The van der Waals surface area contributed by atoms with Crippen LogP contribution in [0.3, 0.4) is 0 Å². The molecule has 8 heteroatoms. The first-order valence-corrected chi connectivity index (χ1v) is 9.20. The van der Waals surface area contributed by atoms with E-state index in [-0.39, 0.29) is 36.3 Å². The number of hydrogen-bond acceptors (Lipinski definition) is 5. The van der Waals surface area contributed by atoms with Crippen molar-refractivity contribution in [2.75, 3.05) is 13.2 Å². The fourth-order valence-electron chi connectivity index (χ4n) is 2.76. The van der Waals surface area contributed by atoms with E-state index < -0.39 is 22.1 Å². The number of rotatable bonds is 7. The molecule has 0 bridgehead atoms. The van der Waals surface area contributed by atoms with Crippen LogP contribution in [0, 0.1) is 12.8 Å². The molecule has 2 rings (SSSR count). The van der Waals surface area contributed by atoms with E-state index in [2.05, 4.69) is 0 Å². The van der Waals surface area contributed by atoms with E-state index in [1.165, 1.54) is 17.0 Å². The van der Waals surface area contributed by atoms with Gasteiger partial charge in [-0.1, -0.05) is 24.6 Å². The van der Waals surface area contributed by atoms with Crippen molar-refractivity contribution in [1.82, 2.24) is 4.90 Å². The fourth-order valence-corrected chi connectivity index (χ4v) is 3.73. The van der Waals surface area contributed by atoms with Crippen molar-refractivity contribution < 1.29 is 22.2 Å². The Morgan fingerprint density at radius 3 is 2.54 bits per heavy atom. The van der Waals surface area contributed by atoms with Crippen LogP contribution in [0.4, 0.5) is 0 Å². The average Bonchev–Trinajstić information content (AvgIpc) is 2.87. The highest BCUT2D eigenvalue weighted by molar-refractivity contribution is 7.86. The molecular formula is C16H22N2O5S. The zero-order valence-corrected chi connectivity index (χ0v) is 14.6. The smallest absolute Gasteiger partial charge is 0.296 e. The molecule has 1 aromatic rings. The first-order chi connectivity index (χ1) is 11.2. The van der Waals surface area contributed by atoms with Gasteiger partial charge >= 0.3 is 0 Å². The van der Waals surface area contributed by atoms with Crippen molar-refractivity contribution in [3.63, 3.8) is 0 Å². The molecular weight excluding hydrogens is 332 g/mol. The summed E-state index contributed by atoms with van der Waals surface area (Å²) < 4.78 is 29.4. The number of carbonyl (C=O) groups excluding carboxylic acids is 2. The van der Waals surface area contributed by atoms with Crippen molar-refractivity contribution in [2.24, 2.45) is 11.7 Å². The van der Waals surface area contributed by atoms with Gasteiger partial charge in [-0.2, -0.15) is 8.42 Å². The van der Waals surface area contributed by atoms with Gasteiger partial charge < -0.3 is 10.6 Å². The molecule has 1 aliphatic heterocycles. The number of nitrogens with two attached hydrogens (primary N) is 1. The summed E-state index contributed by atoms with van der Waals surface area (Å²) in [4.78, 5) is 24.9. The van der Waals surface area contributed by atoms with Gasteiger partial charge in [0.15, 0.2) is 0 Å². The van der Waals surface area contributed by atoms with Crippen molar-refractivity contribution in [2.45, 2.75) is 37.6 Å². The second kappa shape index (κ2) is 7.31. The van der Waals surface area contributed by atoms with Crippen LogP contribution in [0.2, 0.25) is 0 Å². The molecule has 2 atom stereocenters. The Balaban J connectivity index is 1.99. The van der Waals surface area contributed by atoms with Gasteiger partial charge in [-0.05, 0) is 25.5 Å². The number of hydrogen-bond donors (Lipinski definition) is 1. The Hall–Kier alpha value is -1.93. The number of aryl methyl sites for hydroxylation is 1. The maximum atomic E-state index is 12.2. The minimum Gasteiger partial charge on any atom is -0.368 e. The van der Waals surface area contributed by atoms with Crippen LogP contribution < -0.4 is 5.73 Å². The Bertz CT molecular complexity index is 714. The molecule has 1 heterocycles. The van der Waals surface area contributed by atoms with E-state index >= 15 is 0 Å². The Morgan fingerprint density at radius 1 is 1.38 bits per heavy atom. The molecule has 1 aromatic carbocycles. The predicted molar refractivity (Wildman–Crippen MR) is 87.4 cm³/mol. The van der Waals surface area contributed by atoms with Crippen molar-refractivity contribution in [1.29, 1.82) is 0 Å². The largest absolute Gasteiger partial charge is 0.368 e. The van der Waals surface area contributed by atoms with E-state index in [1.807, 2.05) is 6.92 Å². The summed E-state index contributed by atoms with van der Waals surface area (Å²) in [6.45, 7) is 3.80. The van der Waals surface area contributed by atoms with Gasteiger partial charge in [-0.25, -0.2) is 0 Å². The molecule has 7 nitrogen and oxygen atoms in total. The maximum absolute atomic E-state index is 12.2. The van der Waals surface area contributed by atoms with E-state index in [1.54, 1.807) is 19.1 Å². The molecule has 2 unspecified atom stereocenters. The fraction of sp³-hybridized carbons (Fsp3) is 0.500. The van der Waals surface area contributed by atoms with Crippen LogP contribution in [-0.2, 0) is 23.9 Å². The van der Waals surface area contributed by atoms with Gasteiger partial charge in [0.05, 0.1) is 11.5 Å². The second-order valence-electron chi connectivity index (χ2n) is 5.99. The summed E-state index contributed by atoms with van der Waals surface area (Å²) >= 11 is 0. The lowest BCUT2D eigenvalue weighted by atomic mass is 10.1. The van der Waals surface area contributed by atoms with Gasteiger partial charge in [-0.15, -0.1) is 0 Å². The number of likely N-dealkylation sites (tertiary alicyclic amines) is 1. The van der Waals surface area contributed by atoms with Crippen molar-refractivity contribution in [3.05, 3.63) is 29.8 Å². The first-order valence-electron chi connectivity index (χ1n) is 7.79. The van der Waals surface area contributed by atoms with Crippen LogP contribution in [0.1, 0.15) is 25.3 Å². The summed E-state index contributed by atoms with van der Waals surface area (Å²) in [6, 6.07) is 5.69. The molecule has 132 valence electrons. The normalized spacial score (nSPS) is 19.5. The molecule has 1 aliphatic rings. The molecule has 0 aliphatic carbocycles. The summed E-state index contributed by atoms with van der Waals surface area (Å²) in [6.07, 6.45) is 0.573. The summed E-state index contributed by atoms with van der Waals surface area (Å²) in [5.41, 5.74) is 6.25. The van der Waals surface area contributed by atoms with Gasteiger partial charge in [-0.3, -0.25) is 13.8 Å². The predicted octanol–water partition coefficient (Wildman–Crippen LogP) is 0.813. The van der Waals surface area contributed by atoms with Gasteiger partial charge in [0.2, 0.25) is 11.8 Å². The molecule has 2 amide bonds. The third-order valence-electron chi connectivity index (χ3n) is 4.10. The highest BCUT2D eigenvalue weighted by Gasteiger charge is 2.36. The van der Waals surface area contributed by atoms with Crippen LogP contribution >= 0.6 is 0 Å². The molecule has 0 spiro atoms. The van der Waals surface area contributed by atoms with E-state index in [0.29, 0.717) is 6.42 Å². The Labute approximate surface area is 141 Å². The van der Waals surface area contributed by atoms with Gasteiger partial charge in [0.25, 0.3) is 10.1 Å². The SMILES string of the molecule is CCC(C(N)=O)N1CC(COS(=O)(=O)c2ccc(C)cc2)CC1=O. The molecule has 2 N–H and O–H groups in total. The average molecular weight is 354 g/mol. The van der Waals surface area contributed by atoms with Crippen molar-refractivity contribution >= 4 is 21.9 Å². The topological polar surface area (TPSA) is 107 Å². The molecule has 0 aromatic heterocycles. The zero-order valence-electron chi connectivity index (χ0n) is 13.8. The molecule has 24 heavy (non-hydrogen) atoms. The number of carbonyl (C=O) groups is 2. The lowest BCUT2D eigenvalue weighted by molar-refractivity contribution is -0.136. The molecule has 0 radical (unpaired) electrons. The van der Waals surface area contributed by atoms with E-state index in [0.717, 1.165) is 5.56 Å². The Kier molecular flexibility index (Phi) is 5.61. The van der Waals surface area contributed by atoms with E-state index in [4.69, 9.17) is 9.92 Å². The van der Waals surface area contributed by atoms with Crippen LogP contribution in [0.25, 0.3) is 0 Å². The zero-order chi connectivity index (χ0) is 17.9. The standard InChI is InChI=1S/C16H22N2O5S/c1-3-14(16(17)20)18-9-12(8-15(18)19)10-23-24(21,22)13-6-4-11(2)5-7-13/h4-7,12,14H,3,8-10H2,1-2H3,(H2,17,20). The Morgan fingerprint density at radius 2 is 2.00 bits per heavy atom.